The molecule has 0 radical (unpaired) electrons. The summed E-state index contributed by atoms with van der Waals surface area (Å²) < 4.78 is 12.3. The molecule has 1 unspecified atom stereocenters. The molecule has 1 aliphatic rings. The van der Waals surface area contributed by atoms with Gasteiger partial charge in [-0.2, -0.15) is 0 Å². The molecule has 2 heterocycles. The highest BCUT2D eigenvalue weighted by Gasteiger charge is 2.45. The van der Waals surface area contributed by atoms with Crippen molar-refractivity contribution in [2.24, 2.45) is 0 Å². The molecule has 0 aliphatic carbocycles. The lowest BCUT2D eigenvalue weighted by Gasteiger charge is -2.24. The SMILES string of the molecule is C=CCOc1ccc(C2C(C(=O)/C=C/c3ccccc3)=C(O)C(=O)N2c2nnc(SCc3cccc4ccccc34)s2)cc1OCC. The fraction of sp³-hybridized carbons (Fsp3) is 0.135. The molecule has 1 aliphatic heterocycles. The van der Waals surface area contributed by atoms with Crippen LogP contribution in [0.25, 0.3) is 16.8 Å². The standard InChI is InChI=1S/C37H31N3O5S2/c1-3-21-45-30-20-18-26(22-31(30)44-4-2)33-32(29(41)19-17-24-11-6-5-7-12-24)34(42)35(43)40(33)36-38-39-37(47-36)46-23-27-15-10-14-25-13-8-9-16-28(25)27/h3,5-20,22,33,42H,1,4,21,23H2,2H3/b19-17+. The van der Waals surface area contributed by atoms with E-state index in [1.807, 2.05) is 55.5 Å². The Bertz CT molecular complexity index is 2000. The van der Waals surface area contributed by atoms with Gasteiger partial charge in [0.05, 0.1) is 18.2 Å². The topological polar surface area (TPSA) is 102 Å². The number of nitrogens with zero attached hydrogens (tertiary/aromatic N) is 3. The second-order valence-corrected chi connectivity index (χ2v) is 12.6. The van der Waals surface area contributed by atoms with Gasteiger partial charge in [0.2, 0.25) is 5.13 Å². The van der Waals surface area contributed by atoms with Crippen LogP contribution >= 0.6 is 23.1 Å². The van der Waals surface area contributed by atoms with Gasteiger partial charge in [-0.3, -0.25) is 14.5 Å². The molecular weight excluding hydrogens is 631 g/mol. The molecule has 1 aromatic heterocycles. The number of aromatic nitrogens is 2. The summed E-state index contributed by atoms with van der Waals surface area (Å²) in [7, 11) is 0. The zero-order chi connectivity index (χ0) is 32.8. The van der Waals surface area contributed by atoms with Crippen molar-refractivity contribution >= 4 is 56.8 Å². The number of hydrogen-bond donors (Lipinski definition) is 1. The number of rotatable bonds is 13. The Kier molecular flexibility index (Phi) is 9.80. The van der Waals surface area contributed by atoms with Gasteiger partial charge in [0.15, 0.2) is 27.4 Å². The third-order valence-corrected chi connectivity index (χ3v) is 9.58. The molecule has 1 N–H and O–H groups in total. The molecule has 236 valence electrons. The summed E-state index contributed by atoms with van der Waals surface area (Å²) in [6.45, 7) is 6.19. The van der Waals surface area contributed by atoms with Gasteiger partial charge in [-0.15, -0.1) is 10.2 Å². The van der Waals surface area contributed by atoms with Gasteiger partial charge >= 0.3 is 0 Å². The van der Waals surface area contributed by atoms with Crippen LogP contribution in [-0.4, -0.2) is 40.2 Å². The lowest BCUT2D eigenvalue weighted by atomic mass is 9.95. The van der Waals surface area contributed by atoms with Crippen LogP contribution in [0.5, 0.6) is 11.5 Å². The number of benzene rings is 4. The van der Waals surface area contributed by atoms with Gasteiger partial charge in [-0.05, 0) is 52.6 Å². The minimum absolute atomic E-state index is 0.0652. The predicted octanol–water partition coefficient (Wildman–Crippen LogP) is 8.13. The monoisotopic (exact) mass is 661 g/mol. The van der Waals surface area contributed by atoms with E-state index in [1.54, 1.807) is 30.4 Å². The average Bonchev–Trinajstić information content (AvgIpc) is 3.67. The van der Waals surface area contributed by atoms with Gasteiger partial charge in [0, 0.05) is 5.75 Å². The van der Waals surface area contributed by atoms with Crippen LogP contribution in [-0.2, 0) is 15.3 Å². The molecule has 5 aromatic rings. The Labute approximate surface area is 280 Å². The smallest absolute Gasteiger partial charge is 0.296 e. The van der Waals surface area contributed by atoms with Gasteiger partial charge in [0.25, 0.3) is 5.91 Å². The van der Waals surface area contributed by atoms with Crippen molar-refractivity contribution in [1.29, 1.82) is 0 Å². The molecule has 1 amide bonds. The number of allylic oxidation sites excluding steroid dienone is 1. The third-order valence-electron chi connectivity index (χ3n) is 7.47. The number of aliphatic hydroxyl groups excluding tert-OH is 1. The normalized spacial score (nSPS) is 14.7. The van der Waals surface area contributed by atoms with Gasteiger partial charge in [-0.1, -0.05) is 121 Å². The Morgan fingerprint density at radius 3 is 2.60 bits per heavy atom. The first kappa shape index (κ1) is 31.8. The van der Waals surface area contributed by atoms with E-state index in [9.17, 15) is 14.7 Å². The summed E-state index contributed by atoms with van der Waals surface area (Å²) in [5.74, 6) is -0.317. The van der Waals surface area contributed by atoms with Crippen molar-refractivity contribution in [2.75, 3.05) is 18.1 Å². The number of ketones is 1. The number of thioether (sulfide) groups is 1. The fourth-order valence-corrected chi connectivity index (χ4v) is 7.21. The minimum Gasteiger partial charge on any atom is -0.503 e. The van der Waals surface area contributed by atoms with Crippen molar-refractivity contribution in [3.63, 3.8) is 0 Å². The maximum atomic E-state index is 13.7. The molecular formula is C37H31N3O5S2. The molecule has 0 saturated carbocycles. The molecule has 0 fully saturated rings. The van der Waals surface area contributed by atoms with Crippen molar-refractivity contribution < 1.29 is 24.2 Å². The highest BCUT2D eigenvalue weighted by atomic mass is 32.2. The number of ether oxygens (including phenoxy) is 2. The average molecular weight is 662 g/mol. The summed E-state index contributed by atoms with van der Waals surface area (Å²) in [6.07, 6.45) is 4.64. The second kappa shape index (κ2) is 14.5. The van der Waals surface area contributed by atoms with Crippen LogP contribution in [0, 0.1) is 0 Å². The van der Waals surface area contributed by atoms with Crippen LogP contribution in [0.15, 0.2) is 125 Å². The van der Waals surface area contributed by atoms with Crippen molar-refractivity contribution in [3.05, 3.63) is 138 Å². The van der Waals surface area contributed by atoms with Crippen molar-refractivity contribution in [1.82, 2.24) is 10.2 Å². The molecule has 4 aromatic carbocycles. The maximum absolute atomic E-state index is 13.7. The quantitative estimate of drug-likeness (QED) is 0.0584. The third kappa shape index (κ3) is 6.84. The number of amides is 1. The van der Waals surface area contributed by atoms with E-state index in [-0.39, 0.29) is 17.3 Å². The van der Waals surface area contributed by atoms with E-state index >= 15 is 0 Å². The number of aliphatic hydroxyl groups is 1. The number of fused-ring (bicyclic) bond motifs is 1. The van der Waals surface area contributed by atoms with Crippen LogP contribution in [0.2, 0.25) is 0 Å². The summed E-state index contributed by atoms with van der Waals surface area (Å²) in [5.41, 5.74) is 2.43. The van der Waals surface area contributed by atoms with Crippen LogP contribution in [0.4, 0.5) is 5.13 Å². The maximum Gasteiger partial charge on any atom is 0.296 e. The number of anilines is 1. The van der Waals surface area contributed by atoms with E-state index in [1.165, 1.54) is 34.1 Å². The Hall–Kier alpha value is -5.19. The number of carbonyl (C=O) groups excluding carboxylic acids is 2. The van der Waals surface area contributed by atoms with Gasteiger partial charge in [0.1, 0.15) is 6.61 Å². The number of hydrogen-bond acceptors (Lipinski definition) is 9. The number of carbonyl (C=O) groups is 2. The highest BCUT2D eigenvalue weighted by Crippen LogP contribution is 2.45. The summed E-state index contributed by atoms with van der Waals surface area (Å²) in [6, 6.07) is 27.9. The molecule has 0 saturated heterocycles. The molecule has 8 nitrogen and oxygen atoms in total. The molecule has 0 bridgehead atoms. The zero-order valence-corrected chi connectivity index (χ0v) is 27.2. The molecule has 6 rings (SSSR count). The summed E-state index contributed by atoms with van der Waals surface area (Å²) in [4.78, 5) is 28.8. The van der Waals surface area contributed by atoms with Gasteiger partial charge < -0.3 is 14.6 Å². The largest absolute Gasteiger partial charge is 0.503 e. The first-order valence-corrected chi connectivity index (χ1v) is 16.8. The zero-order valence-electron chi connectivity index (χ0n) is 25.5. The fourth-order valence-electron chi connectivity index (χ4n) is 5.34. The van der Waals surface area contributed by atoms with E-state index in [0.29, 0.717) is 33.8 Å². The Morgan fingerprint density at radius 1 is 1.00 bits per heavy atom. The summed E-state index contributed by atoms with van der Waals surface area (Å²) >= 11 is 2.73. The lowest BCUT2D eigenvalue weighted by molar-refractivity contribution is -0.117. The van der Waals surface area contributed by atoms with E-state index in [0.717, 1.165) is 21.9 Å². The summed E-state index contributed by atoms with van der Waals surface area (Å²) in [5, 5.41) is 22.5. The second-order valence-electron chi connectivity index (χ2n) is 10.5. The predicted molar refractivity (Wildman–Crippen MR) is 187 cm³/mol. The first-order chi connectivity index (χ1) is 23.0. The highest BCUT2D eigenvalue weighted by molar-refractivity contribution is 8.00. The van der Waals surface area contributed by atoms with E-state index < -0.39 is 23.5 Å². The molecule has 47 heavy (non-hydrogen) atoms. The minimum atomic E-state index is -0.994. The van der Waals surface area contributed by atoms with Crippen LogP contribution in [0.3, 0.4) is 0 Å². The molecule has 1 atom stereocenters. The van der Waals surface area contributed by atoms with Crippen molar-refractivity contribution in [3.8, 4) is 11.5 Å². The first-order valence-electron chi connectivity index (χ1n) is 15.0. The Morgan fingerprint density at radius 2 is 1.79 bits per heavy atom. The van der Waals surface area contributed by atoms with E-state index in [2.05, 4.69) is 41.0 Å². The molecule has 0 spiro atoms. The van der Waals surface area contributed by atoms with Crippen LogP contribution in [0.1, 0.15) is 29.7 Å². The molecule has 10 heteroatoms. The Balaban J connectivity index is 1.35. The van der Waals surface area contributed by atoms with Gasteiger partial charge in [-0.25, -0.2) is 0 Å². The van der Waals surface area contributed by atoms with E-state index in [4.69, 9.17) is 9.47 Å². The van der Waals surface area contributed by atoms with Crippen LogP contribution < -0.4 is 14.4 Å². The van der Waals surface area contributed by atoms with Crippen molar-refractivity contribution in [2.45, 2.75) is 23.1 Å². The lowest BCUT2D eigenvalue weighted by Crippen LogP contribution is -2.31.